The van der Waals surface area contributed by atoms with E-state index in [9.17, 15) is 43.9 Å². The molecular formula is C6HF10N. The lowest BCUT2D eigenvalue weighted by Gasteiger charge is -2.45. The van der Waals surface area contributed by atoms with E-state index in [0.717, 1.165) is 0 Å². The highest BCUT2D eigenvalue weighted by molar-refractivity contribution is 5.98. The van der Waals surface area contributed by atoms with Gasteiger partial charge in [0, 0.05) is 0 Å². The van der Waals surface area contributed by atoms with E-state index in [0.29, 0.717) is 0 Å². The molecule has 11 heteroatoms. The van der Waals surface area contributed by atoms with Crippen LogP contribution in [0.15, 0.2) is 0 Å². The largest absolute Gasteiger partial charge is 0.385 e. The van der Waals surface area contributed by atoms with Crippen LogP contribution >= 0.6 is 0 Å². The van der Waals surface area contributed by atoms with E-state index >= 15 is 0 Å². The fourth-order valence-electron chi connectivity index (χ4n) is 1.10. The van der Waals surface area contributed by atoms with Gasteiger partial charge in [-0.2, -0.15) is 43.9 Å². The first-order chi connectivity index (χ1) is 7.15. The monoisotopic (exact) mass is 277 g/mol. The summed E-state index contributed by atoms with van der Waals surface area (Å²) < 4.78 is 124. The summed E-state index contributed by atoms with van der Waals surface area (Å²) in [5.74, 6) is -33.3. The molecule has 100 valence electrons. The standard InChI is InChI=1S/C6HF10N/c7-2(8)1(17)3(9,10)5(13,14)6(15,16)4(2,11)12/h17H. The SMILES string of the molecule is N=C1C(F)(F)C(F)(F)C(F)(F)C(F)(F)C1(F)F. The average Bonchev–Trinajstić information content (AvgIpc) is 2.13. The predicted octanol–water partition coefficient (Wildman–Crippen LogP) is 3.20. The van der Waals surface area contributed by atoms with Crippen LogP contribution in [-0.4, -0.2) is 35.3 Å². The molecule has 1 aliphatic rings. The van der Waals surface area contributed by atoms with E-state index in [1.807, 2.05) is 0 Å². The summed E-state index contributed by atoms with van der Waals surface area (Å²) in [7, 11) is 0. The third-order valence-electron chi connectivity index (χ3n) is 2.21. The van der Waals surface area contributed by atoms with Crippen LogP contribution in [0.3, 0.4) is 0 Å². The van der Waals surface area contributed by atoms with E-state index in [4.69, 9.17) is 5.41 Å². The summed E-state index contributed by atoms with van der Waals surface area (Å²) >= 11 is 0. The van der Waals surface area contributed by atoms with Gasteiger partial charge in [0.15, 0.2) is 5.71 Å². The normalized spacial score (nSPS) is 32.2. The van der Waals surface area contributed by atoms with Gasteiger partial charge in [0.1, 0.15) is 0 Å². The summed E-state index contributed by atoms with van der Waals surface area (Å²) in [5, 5.41) is 5.89. The van der Waals surface area contributed by atoms with Crippen molar-refractivity contribution in [2.45, 2.75) is 29.6 Å². The Kier molecular flexibility index (Phi) is 2.36. The van der Waals surface area contributed by atoms with Gasteiger partial charge >= 0.3 is 29.6 Å². The lowest BCUT2D eigenvalue weighted by molar-refractivity contribution is -0.401. The topological polar surface area (TPSA) is 23.9 Å². The van der Waals surface area contributed by atoms with Crippen molar-refractivity contribution < 1.29 is 43.9 Å². The molecule has 1 nitrogen and oxygen atoms in total. The van der Waals surface area contributed by atoms with Gasteiger partial charge in [0.05, 0.1) is 0 Å². The molecule has 1 rings (SSSR count). The lowest BCUT2D eigenvalue weighted by Crippen LogP contribution is -2.78. The summed E-state index contributed by atoms with van der Waals surface area (Å²) in [6.45, 7) is 0. The van der Waals surface area contributed by atoms with Crippen molar-refractivity contribution in [3.8, 4) is 0 Å². The molecule has 0 radical (unpaired) electrons. The number of halogens is 10. The minimum atomic E-state index is -6.99. The smallest absolute Gasteiger partial charge is 0.297 e. The van der Waals surface area contributed by atoms with Crippen LogP contribution in [0.5, 0.6) is 0 Å². The van der Waals surface area contributed by atoms with E-state index in [1.54, 1.807) is 0 Å². The van der Waals surface area contributed by atoms with E-state index < -0.39 is 35.3 Å². The first-order valence-corrected chi connectivity index (χ1v) is 3.64. The Balaban J connectivity index is 3.62. The van der Waals surface area contributed by atoms with Gasteiger partial charge in [0.25, 0.3) is 0 Å². The molecule has 0 aliphatic heterocycles. The molecule has 0 heterocycles. The molecule has 0 aromatic heterocycles. The molecule has 0 unspecified atom stereocenters. The zero-order valence-corrected chi connectivity index (χ0v) is 7.28. The molecular weight excluding hydrogens is 276 g/mol. The fraction of sp³-hybridized carbons (Fsp3) is 0.833. The van der Waals surface area contributed by atoms with Gasteiger partial charge in [-0.05, 0) is 0 Å². The maximum Gasteiger partial charge on any atom is 0.385 e. The van der Waals surface area contributed by atoms with Crippen LogP contribution in [0.2, 0.25) is 0 Å². The number of nitrogens with one attached hydrogen (secondary N) is 1. The summed E-state index contributed by atoms with van der Waals surface area (Å²) in [6, 6.07) is 0. The molecule has 1 fully saturated rings. The Morgan fingerprint density at radius 2 is 0.765 bits per heavy atom. The number of alkyl halides is 10. The maximum absolute atomic E-state index is 12.4. The molecule has 0 amide bonds. The fourth-order valence-corrected chi connectivity index (χ4v) is 1.10. The van der Waals surface area contributed by atoms with Crippen molar-refractivity contribution in [3.05, 3.63) is 0 Å². The van der Waals surface area contributed by atoms with Gasteiger partial charge < -0.3 is 0 Å². The minimum Gasteiger partial charge on any atom is -0.297 e. The molecule has 0 spiro atoms. The molecule has 0 aromatic carbocycles. The Labute approximate surface area is 85.9 Å². The number of hydrogen-bond acceptors (Lipinski definition) is 1. The molecule has 1 N–H and O–H groups in total. The second-order valence-electron chi connectivity index (χ2n) is 3.25. The van der Waals surface area contributed by atoms with Crippen molar-refractivity contribution in [1.82, 2.24) is 0 Å². The van der Waals surface area contributed by atoms with Crippen molar-refractivity contribution in [3.63, 3.8) is 0 Å². The van der Waals surface area contributed by atoms with E-state index in [2.05, 4.69) is 0 Å². The molecule has 0 bridgehead atoms. The molecule has 0 aromatic rings. The van der Waals surface area contributed by atoms with Crippen LogP contribution in [-0.2, 0) is 0 Å². The Morgan fingerprint density at radius 3 is 1.00 bits per heavy atom. The maximum atomic E-state index is 12.4. The van der Waals surface area contributed by atoms with Gasteiger partial charge in [0.2, 0.25) is 0 Å². The Hall–Kier alpha value is -1.03. The third-order valence-corrected chi connectivity index (χ3v) is 2.21. The van der Waals surface area contributed by atoms with Crippen LogP contribution in [0, 0.1) is 5.41 Å². The van der Waals surface area contributed by atoms with Crippen molar-refractivity contribution in [2.24, 2.45) is 0 Å². The van der Waals surface area contributed by atoms with Crippen molar-refractivity contribution in [1.29, 1.82) is 5.41 Å². The highest BCUT2D eigenvalue weighted by Crippen LogP contribution is 2.62. The van der Waals surface area contributed by atoms with Gasteiger partial charge in [-0.25, -0.2) is 0 Å². The van der Waals surface area contributed by atoms with Crippen molar-refractivity contribution in [2.75, 3.05) is 0 Å². The average molecular weight is 277 g/mol. The molecule has 0 atom stereocenters. The summed E-state index contributed by atoms with van der Waals surface area (Å²) in [6.07, 6.45) is 0. The number of rotatable bonds is 0. The second-order valence-corrected chi connectivity index (χ2v) is 3.25. The number of hydrogen-bond donors (Lipinski definition) is 1. The zero-order valence-electron chi connectivity index (χ0n) is 7.28. The van der Waals surface area contributed by atoms with Crippen LogP contribution < -0.4 is 0 Å². The lowest BCUT2D eigenvalue weighted by atomic mass is 9.81. The van der Waals surface area contributed by atoms with Crippen molar-refractivity contribution >= 4 is 5.71 Å². The van der Waals surface area contributed by atoms with Gasteiger partial charge in [-0.15, -0.1) is 0 Å². The van der Waals surface area contributed by atoms with Gasteiger partial charge in [-0.3, -0.25) is 5.41 Å². The summed E-state index contributed by atoms with van der Waals surface area (Å²) in [4.78, 5) is 0. The quantitative estimate of drug-likeness (QED) is 0.657. The Bertz CT molecular complexity index is 337. The van der Waals surface area contributed by atoms with Crippen LogP contribution in [0.1, 0.15) is 0 Å². The zero-order chi connectivity index (χ0) is 14.1. The van der Waals surface area contributed by atoms with Crippen LogP contribution in [0.25, 0.3) is 0 Å². The summed E-state index contributed by atoms with van der Waals surface area (Å²) in [5.41, 5.74) is -3.74. The second kappa shape index (κ2) is 2.86. The highest BCUT2D eigenvalue weighted by Gasteiger charge is 2.94. The first-order valence-electron chi connectivity index (χ1n) is 3.64. The minimum absolute atomic E-state index is 3.74. The molecule has 17 heavy (non-hydrogen) atoms. The van der Waals surface area contributed by atoms with Crippen LogP contribution in [0.4, 0.5) is 43.9 Å². The van der Waals surface area contributed by atoms with E-state index in [-0.39, 0.29) is 0 Å². The molecule has 1 aliphatic carbocycles. The molecule has 1 saturated carbocycles. The highest BCUT2D eigenvalue weighted by atomic mass is 19.4. The predicted molar refractivity (Wildman–Crippen MR) is 32.5 cm³/mol. The third kappa shape index (κ3) is 1.14. The Morgan fingerprint density at radius 1 is 0.529 bits per heavy atom. The van der Waals surface area contributed by atoms with E-state index in [1.165, 1.54) is 0 Å². The molecule has 0 saturated heterocycles. The van der Waals surface area contributed by atoms with Gasteiger partial charge in [-0.1, -0.05) is 0 Å². The first kappa shape index (κ1) is 14.0.